The van der Waals surface area contributed by atoms with Gasteiger partial charge in [-0.2, -0.15) is 0 Å². The monoisotopic (exact) mass is 279 g/mol. The molecule has 1 N–H and O–H groups in total. The topological polar surface area (TPSA) is 70.8 Å². The average Bonchev–Trinajstić information content (AvgIpc) is 2.96. The van der Waals surface area contributed by atoms with Crippen molar-refractivity contribution in [1.29, 1.82) is 0 Å². The molecule has 1 amide bonds. The summed E-state index contributed by atoms with van der Waals surface area (Å²) in [6.45, 7) is 0.751. The molecule has 1 aromatic heterocycles. The number of carboxylic acids is 1. The number of rotatable bonds is 6. The van der Waals surface area contributed by atoms with Crippen LogP contribution < -0.4 is 0 Å². The fourth-order valence-corrected chi connectivity index (χ4v) is 2.75. The largest absolute Gasteiger partial charge is 0.481 e. The van der Waals surface area contributed by atoms with Crippen LogP contribution in [0.5, 0.6) is 0 Å². The van der Waals surface area contributed by atoms with Gasteiger partial charge in [-0.3, -0.25) is 9.59 Å². The maximum absolute atomic E-state index is 12.3. The molecule has 1 saturated heterocycles. The molecule has 2 rings (SSSR count). The first kappa shape index (κ1) is 14.6. The molecule has 1 aromatic rings. The van der Waals surface area contributed by atoms with Crippen LogP contribution in [0.15, 0.2) is 22.8 Å². The van der Waals surface area contributed by atoms with Crippen molar-refractivity contribution in [1.82, 2.24) is 4.90 Å². The summed E-state index contributed by atoms with van der Waals surface area (Å²) < 4.78 is 5.23. The molecule has 1 aliphatic rings. The predicted octanol–water partition coefficient (Wildman–Crippen LogP) is 2.46. The highest BCUT2D eigenvalue weighted by atomic mass is 16.4. The van der Waals surface area contributed by atoms with E-state index in [0.29, 0.717) is 19.3 Å². The lowest BCUT2D eigenvalue weighted by Gasteiger charge is -2.35. The molecule has 0 aliphatic carbocycles. The quantitative estimate of drug-likeness (QED) is 0.868. The summed E-state index contributed by atoms with van der Waals surface area (Å²) >= 11 is 0. The van der Waals surface area contributed by atoms with Crippen LogP contribution in [-0.4, -0.2) is 34.5 Å². The smallest absolute Gasteiger partial charge is 0.303 e. The third-order valence-corrected chi connectivity index (χ3v) is 3.80. The second-order valence-electron chi connectivity index (χ2n) is 5.25. The molecule has 0 saturated carbocycles. The lowest BCUT2D eigenvalue weighted by Crippen LogP contribution is -2.44. The van der Waals surface area contributed by atoms with Gasteiger partial charge in [0.15, 0.2) is 0 Å². The second kappa shape index (κ2) is 7.12. The minimum Gasteiger partial charge on any atom is -0.481 e. The van der Waals surface area contributed by atoms with Crippen molar-refractivity contribution in [2.45, 2.75) is 51.0 Å². The van der Waals surface area contributed by atoms with Gasteiger partial charge in [0, 0.05) is 31.8 Å². The van der Waals surface area contributed by atoms with E-state index in [2.05, 4.69) is 0 Å². The van der Waals surface area contributed by atoms with Crippen LogP contribution in [0.4, 0.5) is 0 Å². The molecule has 5 nitrogen and oxygen atoms in total. The Bertz CT molecular complexity index is 441. The van der Waals surface area contributed by atoms with Crippen molar-refractivity contribution < 1.29 is 19.1 Å². The van der Waals surface area contributed by atoms with Crippen LogP contribution in [0.25, 0.3) is 0 Å². The number of likely N-dealkylation sites (tertiary alicyclic amines) is 1. The third-order valence-electron chi connectivity index (χ3n) is 3.80. The molecule has 0 spiro atoms. The van der Waals surface area contributed by atoms with Crippen LogP contribution >= 0.6 is 0 Å². The summed E-state index contributed by atoms with van der Waals surface area (Å²) in [5.41, 5.74) is 0. The number of piperidine rings is 1. The number of hydrogen-bond donors (Lipinski definition) is 1. The molecule has 0 bridgehead atoms. The van der Waals surface area contributed by atoms with Crippen LogP contribution in [0.1, 0.15) is 44.3 Å². The molecular weight excluding hydrogens is 258 g/mol. The van der Waals surface area contributed by atoms with Gasteiger partial charge in [-0.05, 0) is 37.8 Å². The predicted molar refractivity (Wildman–Crippen MR) is 73.3 cm³/mol. The molecule has 1 unspecified atom stereocenters. The number of carboxylic acid groups (broad SMARTS) is 1. The zero-order valence-electron chi connectivity index (χ0n) is 11.6. The highest BCUT2D eigenvalue weighted by Gasteiger charge is 2.26. The van der Waals surface area contributed by atoms with E-state index in [-0.39, 0.29) is 18.4 Å². The molecule has 0 radical (unpaired) electrons. The number of carbonyl (C=O) groups is 2. The zero-order valence-corrected chi connectivity index (χ0v) is 11.6. The average molecular weight is 279 g/mol. The zero-order chi connectivity index (χ0) is 14.4. The Kier molecular flexibility index (Phi) is 5.21. The van der Waals surface area contributed by atoms with Crippen LogP contribution in [-0.2, 0) is 16.0 Å². The summed E-state index contributed by atoms with van der Waals surface area (Å²) in [6, 6.07) is 3.77. The third kappa shape index (κ3) is 4.11. The molecule has 5 heteroatoms. The van der Waals surface area contributed by atoms with Gasteiger partial charge in [0.1, 0.15) is 5.76 Å². The Morgan fingerprint density at radius 3 is 2.90 bits per heavy atom. The summed E-state index contributed by atoms with van der Waals surface area (Å²) in [5, 5.41) is 8.78. The van der Waals surface area contributed by atoms with E-state index in [1.807, 2.05) is 17.0 Å². The van der Waals surface area contributed by atoms with E-state index in [9.17, 15) is 9.59 Å². The first-order chi connectivity index (χ1) is 9.66. The van der Waals surface area contributed by atoms with Gasteiger partial charge in [-0.1, -0.05) is 0 Å². The molecule has 110 valence electrons. The number of carbonyl (C=O) groups excluding carboxylic acids is 1. The first-order valence-corrected chi connectivity index (χ1v) is 7.20. The number of aliphatic carboxylic acids is 1. The first-order valence-electron chi connectivity index (χ1n) is 7.20. The van der Waals surface area contributed by atoms with Crippen LogP contribution in [0, 0.1) is 0 Å². The van der Waals surface area contributed by atoms with E-state index in [1.54, 1.807) is 6.26 Å². The highest BCUT2D eigenvalue weighted by molar-refractivity contribution is 5.77. The van der Waals surface area contributed by atoms with Crippen molar-refractivity contribution in [2.24, 2.45) is 0 Å². The second-order valence-corrected chi connectivity index (χ2v) is 5.25. The number of furan rings is 1. The van der Waals surface area contributed by atoms with E-state index >= 15 is 0 Å². The maximum atomic E-state index is 12.3. The molecule has 0 aromatic carbocycles. The lowest BCUT2D eigenvalue weighted by atomic mass is 9.97. The van der Waals surface area contributed by atoms with Crippen molar-refractivity contribution in [3.8, 4) is 0 Å². The van der Waals surface area contributed by atoms with Gasteiger partial charge in [0.25, 0.3) is 0 Å². The van der Waals surface area contributed by atoms with Gasteiger partial charge >= 0.3 is 5.97 Å². The number of nitrogens with zero attached hydrogens (tertiary/aromatic N) is 1. The lowest BCUT2D eigenvalue weighted by molar-refractivity contribution is -0.140. The fourth-order valence-electron chi connectivity index (χ4n) is 2.75. The van der Waals surface area contributed by atoms with E-state index in [0.717, 1.165) is 31.6 Å². The Balaban J connectivity index is 1.86. The molecule has 1 fully saturated rings. The minimum absolute atomic E-state index is 0.0870. The SMILES string of the molecule is O=C(O)CCC1CCCCN1C(=O)CCc1ccco1. The van der Waals surface area contributed by atoms with Crippen molar-refractivity contribution >= 4 is 11.9 Å². The molecule has 20 heavy (non-hydrogen) atoms. The Labute approximate surface area is 118 Å². The molecule has 2 heterocycles. The van der Waals surface area contributed by atoms with Gasteiger partial charge in [0.2, 0.25) is 5.91 Å². The summed E-state index contributed by atoms with van der Waals surface area (Å²) in [5.74, 6) is 0.132. The van der Waals surface area contributed by atoms with Crippen molar-refractivity contribution in [2.75, 3.05) is 6.54 Å². The Hall–Kier alpha value is -1.78. The maximum Gasteiger partial charge on any atom is 0.303 e. The summed E-state index contributed by atoms with van der Waals surface area (Å²) in [7, 11) is 0. The number of amides is 1. The van der Waals surface area contributed by atoms with E-state index in [4.69, 9.17) is 9.52 Å². The van der Waals surface area contributed by atoms with Crippen LogP contribution in [0.2, 0.25) is 0 Å². The normalized spacial score (nSPS) is 19.0. The van der Waals surface area contributed by atoms with Gasteiger partial charge in [0.05, 0.1) is 6.26 Å². The Morgan fingerprint density at radius 1 is 1.35 bits per heavy atom. The highest BCUT2D eigenvalue weighted by Crippen LogP contribution is 2.22. The van der Waals surface area contributed by atoms with Gasteiger partial charge in [-0.25, -0.2) is 0 Å². The van der Waals surface area contributed by atoms with Gasteiger partial charge in [-0.15, -0.1) is 0 Å². The standard InChI is InChI=1S/C15H21NO4/c17-14(8-7-13-5-3-11-20-13)16-10-2-1-4-12(16)6-9-15(18)19/h3,5,11-12H,1-2,4,6-10H2,(H,18,19). The van der Waals surface area contributed by atoms with Gasteiger partial charge < -0.3 is 14.4 Å². The molecule has 1 aliphatic heterocycles. The minimum atomic E-state index is -0.793. The molecular formula is C15H21NO4. The summed E-state index contributed by atoms with van der Waals surface area (Å²) in [6.07, 6.45) is 6.33. The van der Waals surface area contributed by atoms with Crippen molar-refractivity contribution in [3.05, 3.63) is 24.2 Å². The van der Waals surface area contributed by atoms with Crippen LogP contribution in [0.3, 0.4) is 0 Å². The fraction of sp³-hybridized carbons (Fsp3) is 0.600. The number of hydrogen-bond acceptors (Lipinski definition) is 3. The Morgan fingerprint density at radius 2 is 2.20 bits per heavy atom. The van der Waals surface area contributed by atoms with E-state index in [1.165, 1.54) is 0 Å². The van der Waals surface area contributed by atoms with E-state index < -0.39 is 5.97 Å². The summed E-state index contributed by atoms with van der Waals surface area (Å²) in [4.78, 5) is 24.8. The van der Waals surface area contributed by atoms with Crippen molar-refractivity contribution in [3.63, 3.8) is 0 Å². The number of aryl methyl sites for hydroxylation is 1. The molecule has 1 atom stereocenters.